The van der Waals surface area contributed by atoms with Gasteiger partial charge in [-0.3, -0.25) is 10.1 Å². The molecule has 3 heterocycles. The molecule has 1 saturated heterocycles. The van der Waals surface area contributed by atoms with Crippen molar-refractivity contribution in [2.24, 2.45) is 5.92 Å². The van der Waals surface area contributed by atoms with E-state index in [9.17, 15) is 15.2 Å². The predicted molar refractivity (Wildman–Crippen MR) is 118 cm³/mol. The Morgan fingerprint density at radius 2 is 2.03 bits per heavy atom. The van der Waals surface area contributed by atoms with Crippen LogP contribution in [0.5, 0.6) is 11.6 Å². The molecule has 2 aromatic heterocycles. The first kappa shape index (κ1) is 21.7. The molecule has 0 amide bonds. The maximum atomic E-state index is 10.8. The Morgan fingerprint density at radius 3 is 2.66 bits per heavy atom. The average Bonchev–Trinajstić information content (AvgIpc) is 3.26. The van der Waals surface area contributed by atoms with Gasteiger partial charge in [0.25, 0.3) is 0 Å². The number of likely N-dealkylation sites (tertiary alicyclic amines) is 1. The summed E-state index contributed by atoms with van der Waals surface area (Å²) in [6, 6.07) is 8.34. The van der Waals surface area contributed by atoms with Crippen molar-refractivity contribution in [3.8, 4) is 28.6 Å². The minimum Gasteiger partial charge on any atom is -0.507 e. The van der Waals surface area contributed by atoms with Crippen LogP contribution in [0.4, 0.5) is 5.69 Å². The van der Waals surface area contributed by atoms with Crippen LogP contribution < -0.4 is 4.74 Å². The summed E-state index contributed by atoms with van der Waals surface area (Å²) < 4.78 is 7.47. The van der Waals surface area contributed by atoms with Gasteiger partial charge in [-0.1, -0.05) is 6.92 Å². The molecule has 168 valence electrons. The van der Waals surface area contributed by atoms with Gasteiger partial charge in [0.2, 0.25) is 5.88 Å². The molecule has 1 aromatic carbocycles. The van der Waals surface area contributed by atoms with Gasteiger partial charge in [0, 0.05) is 35.7 Å². The average molecular weight is 438 g/mol. The second-order valence-electron chi connectivity index (χ2n) is 8.67. The Morgan fingerprint density at radius 1 is 1.25 bits per heavy atom. The lowest BCUT2D eigenvalue weighted by Crippen LogP contribution is -2.56. The van der Waals surface area contributed by atoms with Crippen molar-refractivity contribution >= 4 is 5.69 Å². The highest BCUT2D eigenvalue weighted by atomic mass is 16.6. The molecular weight excluding hydrogens is 412 g/mol. The summed E-state index contributed by atoms with van der Waals surface area (Å²) in [7, 11) is 2.13. The molecule has 2 unspecified atom stereocenters. The van der Waals surface area contributed by atoms with Crippen LogP contribution in [0.3, 0.4) is 0 Å². The molecule has 0 bridgehead atoms. The molecular formula is C22H26N6O4. The summed E-state index contributed by atoms with van der Waals surface area (Å²) >= 11 is 0. The van der Waals surface area contributed by atoms with Crippen molar-refractivity contribution in [2.45, 2.75) is 38.8 Å². The van der Waals surface area contributed by atoms with E-state index in [1.165, 1.54) is 16.9 Å². The van der Waals surface area contributed by atoms with E-state index in [1.54, 1.807) is 24.3 Å². The quantitative estimate of drug-likeness (QED) is 0.475. The second-order valence-corrected chi connectivity index (χ2v) is 8.67. The van der Waals surface area contributed by atoms with Crippen molar-refractivity contribution in [2.75, 3.05) is 13.6 Å². The normalized spacial score (nSPS) is 20.8. The maximum Gasteiger partial charge on any atom is 0.307 e. The van der Waals surface area contributed by atoms with Crippen LogP contribution >= 0.6 is 0 Å². The van der Waals surface area contributed by atoms with E-state index in [0.717, 1.165) is 19.2 Å². The minimum atomic E-state index is -0.524. The molecule has 0 spiro atoms. The van der Waals surface area contributed by atoms with Crippen LogP contribution in [0.2, 0.25) is 0 Å². The fourth-order valence-electron chi connectivity index (χ4n) is 3.93. The monoisotopic (exact) mass is 438 g/mol. The first-order chi connectivity index (χ1) is 15.2. The van der Waals surface area contributed by atoms with Crippen molar-refractivity contribution in [3.63, 3.8) is 0 Å². The number of piperidine rings is 1. The number of nitro groups is 1. The van der Waals surface area contributed by atoms with Gasteiger partial charge >= 0.3 is 5.69 Å². The van der Waals surface area contributed by atoms with Gasteiger partial charge in [0.15, 0.2) is 0 Å². The molecule has 3 aromatic rings. The Hall–Kier alpha value is -3.53. The van der Waals surface area contributed by atoms with Gasteiger partial charge in [-0.15, -0.1) is 10.2 Å². The SMILES string of the molecule is CC1C(Oc2ccc(-c3ccc(-n4cc([N+](=O)[O-])cn4)cc3O)nn2)CCN(C)C1(C)C. The molecule has 2 atom stereocenters. The molecule has 10 nitrogen and oxygen atoms in total. The van der Waals surface area contributed by atoms with Gasteiger partial charge in [-0.05, 0) is 45.5 Å². The van der Waals surface area contributed by atoms with E-state index in [-0.39, 0.29) is 23.1 Å². The molecule has 0 aliphatic carbocycles. The van der Waals surface area contributed by atoms with E-state index in [1.807, 2.05) is 0 Å². The van der Waals surface area contributed by atoms with E-state index in [4.69, 9.17) is 4.74 Å². The highest BCUT2D eigenvalue weighted by molar-refractivity contribution is 5.68. The van der Waals surface area contributed by atoms with Crippen molar-refractivity contribution in [1.82, 2.24) is 24.9 Å². The number of nitrogens with zero attached hydrogens (tertiary/aromatic N) is 6. The van der Waals surface area contributed by atoms with Gasteiger partial charge in [0.1, 0.15) is 24.2 Å². The number of aromatic hydroxyl groups is 1. The lowest BCUT2D eigenvalue weighted by atomic mass is 9.79. The fraction of sp³-hybridized carbons (Fsp3) is 0.409. The third-order valence-corrected chi connectivity index (χ3v) is 6.62. The number of phenols is 1. The number of rotatable bonds is 5. The number of ether oxygens (including phenoxy) is 1. The van der Waals surface area contributed by atoms with Crippen LogP contribution in [0.25, 0.3) is 16.9 Å². The zero-order chi connectivity index (χ0) is 23.0. The lowest BCUT2D eigenvalue weighted by molar-refractivity contribution is -0.384. The third-order valence-electron chi connectivity index (χ3n) is 6.62. The zero-order valence-electron chi connectivity index (χ0n) is 18.5. The highest BCUT2D eigenvalue weighted by Crippen LogP contribution is 2.34. The summed E-state index contributed by atoms with van der Waals surface area (Å²) in [6.07, 6.45) is 3.40. The van der Waals surface area contributed by atoms with Crippen molar-refractivity contribution in [1.29, 1.82) is 0 Å². The standard InChI is InChI=1S/C22H26N6O4/c1-14-20(9-10-26(4)22(14,2)3)32-21-8-7-18(24-25-21)17-6-5-15(11-19(17)29)27-13-16(12-23-27)28(30)31/h5-8,11-14,20,29H,9-10H2,1-4H3. The summed E-state index contributed by atoms with van der Waals surface area (Å²) in [5.41, 5.74) is 1.37. The van der Waals surface area contributed by atoms with Crippen LogP contribution in [-0.4, -0.2) is 60.1 Å². The predicted octanol–water partition coefficient (Wildman–Crippen LogP) is 3.44. The highest BCUT2D eigenvalue weighted by Gasteiger charge is 2.40. The fourth-order valence-corrected chi connectivity index (χ4v) is 3.93. The summed E-state index contributed by atoms with van der Waals surface area (Å²) in [5.74, 6) is 0.734. The number of benzene rings is 1. The topological polar surface area (TPSA) is 119 Å². The van der Waals surface area contributed by atoms with Crippen LogP contribution in [0.1, 0.15) is 27.2 Å². The summed E-state index contributed by atoms with van der Waals surface area (Å²) in [5, 5.41) is 33.7. The Bertz CT molecular complexity index is 1130. The number of hydrogen-bond acceptors (Lipinski definition) is 8. The largest absolute Gasteiger partial charge is 0.507 e. The van der Waals surface area contributed by atoms with Gasteiger partial charge < -0.3 is 14.7 Å². The first-order valence-electron chi connectivity index (χ1n) is 10.4. The van der Waals surface area contributed by atoms with Crippen molar-refractivity contribution in [3.05, 3.63) is 52.8 Å². The second kappa shape index (κ2) is 8.19. The Kier molecular flexibility index (Phi) is 5.55. The molecule has 32 heavy (non-hydrogen) atoms. The summed E-state index contributed by atoms with van der Waals surface area (Å²) in [4.78, 5) is 12.7. The lowest BCUT2D eigenvalue weighted by Gasteiger charge is -2.48. The zero-order valence-corrected chi connectivity index (χ0v) is 18.5. The molecule has 1 aliphatic heterocycles. The van der Waals surface area contributed by atoms with Gasteiger partial charge in [-0.2, -0.15) is 5.10 Å². The Labute approximate surface area is 185 Å². The molecule has 4 rings (SSSR count). The molecule has 0 saturated carbocycles. The molecule has 1 fully saturated rings. The molecule has 10 heteroatoms. The van der Waals surface area contributed by atoms with Crippen LogP contribution in [0, 0.1) is 16.0 Å². The Balaban J connectivity index is 1.50. The third kappa shape index (κ3) is 4.01. The first-order valence-corrected chi connectivity index (χ1v) is 10.4. The van der Waals surface area contributed by atoms with Gasteiger partial charge in [0.05, 0.1) is 16.3 Å². The van der Waals surface area contributed by atoms with E-state index < -0.39 is 4.92 Å². The summed E-state index contributed by atoms with van der Waals surface area (Å²) in [6.45, 7) is 7.58. The van der Waals surface area contributed by atoms with E-state index in [2.05, 4.69) is 48.0 Å². The van der Waals surface area contributed by atoms with Crippen LogP contribution in [-0.2, 0) is 0 Å². The number of aromatic nitrogens is 4. The van der Waals surface area contributed by atoms with Crippen LogP contribution in [0.15, 0.2) is 42.7 Å². The van der Waals surface area contributed by atoms with E-state index in [0.29, 0.717) is 28.7 Å². The molecule has 1 N–H and O–H groups in total. The minimum absolute atomic E-state index is 0.0266. The van der Waals surface area contributed by atoms with Crippen molar-refractivity contribution < 1.29 is 14.8 Å². The maximum absolute atomic E-state index is 10.8. The molecule has 0 radical (unpaired) electrons. The number of phenolic OH excluding ortho intramolecular Hbond substituents is 1. The smallest absolute Gasteiger partial charge is 0.307 e. The van der Waals surface area contributed by atoms with E-state index >= 15 is 0 Å². The molecule has 1 aliphatic rings. The van der Waals surface area contributed by atoms with Gasteiger partial charge in [-0.25, -0.2) is 4.68 Å². The number of hydrogen-bond donors (Lipinski definition) is 1.